The van der Waals surface area contributed by atoms with Crippen molar-refractivity contribution in [1.82, 2.24) is 10.6 Å². The Morgan fingerprint density at radius 1 is 1.12 bits per heavy atom. The molecule has 0 heterocycles. The van der Waals surface area contributed by atoms with Gasteiger partial charge in [-0.25, -0.2) is 9.59 Å². The molecule has 1 aromatic rings. The van der Waals surface area contributed by atoms with Crippen LogP contribution in [0.3, 0.4) is 0 Å². The van der Waals surface area contributed by atoms with E-state index in [0.717, 1.165) is 37.1 Å². The Bertz CT molecular complexity index is 626. The van der Waals surface area contributed by atoms with Crippen molar-refractivity contribution >= 4 is 17.9 Å². The van der Waals surface area contributed by atoms with Gasteiger partial charge < -0.3 is 14.8 Å². The molecule has 24 heavy (non-hydrogen) atoms. The Hall–Kier alpha value is -2.78. The summed E-state index contributed by atoms with van der Waals surface area (Å²) in [4.78, 5) is 34.3. The molecule has 1 aromatic carbocycles. The van der Waals surface area contributed by atoms with Crippen LogP contribution in [-0.4, -0.2) is 36.9 Å². The summed E-state index contributed by atoms with van der Waals surface area (Å²) < 4.78 is 44.3. The van der Waals surface area contributed by atoms with Gasteiger partial charge in [-0.15, -0.1) is 13.2 Å². The minimum atomic E-state index is -4.83. The summed E-state index contributed by atoms with van der Waals surface area (Å²) in [6.45, 7) is -0.697. The van der Waals surface area contributed by atoms with Gasteiger partial charge in [0.25, 0.3) is 5.91 Å². The summed E-state index contributed by atoms with van der Waals surface area (Å²) >= 11 is 0. The number of hydrogen-bond donors (Lipinski definition) is 2. The lowest BCUT2D eigenvalue weighted by molar-refractivity contribution is -0.274. The van der Waals surface area contributed by atoms with Crippen LogP contribution < -0.4 is 15.4 Å². The number of ether oxygens (including phenoxy) is 2. The van der Waals surface area contributed by atoms with Crippen molar-refractivity contribution in [2.24, 2.45) is 0 Å². The minimum absolute atomic E-state index is 0.0674. The number of urea groups is 1. The number of rotatable bonds is 5. The molecule has 130 valence electrons. The van der Waals surface area contributed by atoms with Crippen LogP contribution in [-0.2, 0) is 9.53 Å². The van der Waals surface area contributed by atoms with Gasteiger partial charge in [-0.1, -0.05) is 0 Å². The summed E-state index contributed by atoms with van der Waals surface area (Å²) in [5, 5.41) is 4.49. The molecule has 0 unspecified atom stereocenters. The molecule has 1 saturated carbocycles. The van der Waals surface area contributed by atoms with E-state index in [1.807, 2.05) is 5.32 Å². The van der Waals surface area contributed by atoms with Crippen molar-refractivity contribution < 1.29 is 37.0 Å². The minimum Gasteiger partial charge on any atom is -0.452 e. The van der Waals surface area contributed by atoms with Crippen LogP contribution in [0, 0.1) is 0 Å². The molecule has 0 aliphatic heterocycles. The summed E-state index contributed by atoms with van der Waals surface area (Å²) in [5.41, 5.74) is -0.0697. The highest BCUT2D eigenvalue weighted by molar-refractivity contribution is 5.97. The third-order valence-electron chi connectivity index (χ3n) is 2.82. The molecule has 2 rings (SSSR count). The number of esters is 1. The van der Waals surface area contributed by atoms with Crippen LogP contribution in [0.5, 0.6) is 5.75 Å². The van der Waals surface area contributed by atoms with Crippen molar-refractivity contribution in [3.63, 3.8) is 0 Å². The van der Waals surface area contributed by atoms with Gasteiger partial charge in [0, 0.05) is 6.04 Å². The molecular formula is C14H13F3N2O5. The van der Waals surface area contributed by atoms with Gasteiger partial charge in [-0.3, -0.25) is 10.1 Å². The molecular weight excluding hydrogens is 333 g/mol. The van der Waals surface area contributed by atoms with Crippen molar-refractivity contribution in [2.75, 3.05) is 6.61 Å². The van der Waals surface area contributed by atoms with Crippen LogP contribution in [0.15, 0.2) is 24.3 Å². The van der Waals surface area contributed by atoms with Crippen LogP contribution in [0.4, 0.5) is 18.0 Å². The Morgan fingerprint density at radius 2 is 1.75 bits per heavy atom. The molecule has 2 N–H and O–H groups in total. The van der Waals surface area contributed by atoms with E-state index in [1.165, 1.54) is 0 Å². The standard InChI is InChI=1S/C14H13F3N2O5/c15-14(16,17)24-10-5-1-8(2-6-10)12(21)23-7-11(20)19-13(22)18-9-3-4-9/h1-2,5-6,9H,3-4,7H2,(H2,18,19,20,22). The van der Waals surface area contributed by atoms with Gasteiger partial charge >= 0.3 is 18.4 Å². The van der Waals surface area contributed by atoms with Crippen LogP contribution in [0.1, 0.15) is 23.2 Å². The first kappa shape index (κ1) is 17.6. The number of alkyl halides is 3. The van der Waals surface area contributed by atoms with E-state index in [1.54, 1.807) is 0 Å². The highest BCUT2D eigenvalue weighted by Gasteiger charge is 2.31. The lowest BCUT2D eigenvalue weighted by atomic mass is 10.2. The first-order chi connectivity index (χ1) is 11.2. The quantitative estimate of drug-likeness (QED) is 0.792. The molecule has 7 nitrogen and oxygen atoms in total. The third-order valence-corrected chi connectivity index (χ3v) is 2.82. The first-order valence-corrected chi connectivity index (χ1v) is 6.86. The van der Waals surface area contributed by atoms with Gasteiger partial charge in [0.05, 0.1) is 5.56 Å². The van der Waals surface area contributed by atoms with Gasteiger partial charge in [-0.2, -0.15) is 0 Å². The number of benzene rings is 1. The van der Waals surface area contributed by atoms with E-state index in [0.29, 0.717) is 0 Å². The number of carbonyl (C=O) groups excluding carboxylic acids is 3. The van der Waals surface area contributed by atoms with E-state index in [9.17, 15) is 27.6 Å². The number of imide groups is 1. The highest BCUT2D eigenvalue weighted by Crippen LogP contribution is 2.22. The molecule has 1 aliphatic carbocycles. The SMILES string of the molecule is O=C(COC(=O)c1ccc(OC(F)(F)F)cc1)NC(=O)NC1CC1. The zero-order valence-corrected chi connectivity index (χ0v) is 12.2. The molecule has 1 fully saturated rings. The Labute approximate surface area is 134 Å². The van der Waals surface area contributed by atoms with Gasteiger partial charge in [0.15, 0.2) is 6.61 Å². The van der Waals surface area contributed by atoms with E-state index in [2.05, 4.69) is 14.8 Å². The maximum atomic E-state index is 12.0. The second kappa shape index (κ2) is 7.20. The predicted molar refractivity (Wildman–Crippen MR) is 73.1 cm³/mol. The summed E-state index contributed by atoms with van der Waals surface area (Å²) in [5.74, 6) is -2.24. The zero-order valence-electron chi connectivity index (χ0n) is 12.2. The van der Waals surface area contributed by atoms with Gasteiger partial charge in [0.1, 0.15) is 5.75 Å². The maximum Gasteiger partial charge on any atom is 0.573 e. The molecule has 3 amide bonds. The molecule has 0 radical (unpaired) electrons. The molecule has 0 saturated heterocycles. The van der Waals surface area contributed by atoms with Crippen LogP contribution in [0.2, 0.25) is 0 Å². The normalized spacial score (nSPS) is 13.8. The number of nitrogens with one attached hydrogen (secondary N) is 2. The molecule has 0 bridgehead atoms. The fourth-order valence-electron chi connectivity index (χ4n) is 1.62. The lowest BCUT2D eigenvalue weighted by Crippen LogP contribution is -2.42. The second-order valence-corrected chi connectivity index (χ2v) is 4.94. The highest BCUT2D eigenvalue weighted by atomic mass is 19.4. The van der Waals surface area contributed by atoms with Crippen molar-refractivity contribution in [3.05, 3.63) is 29.8 Å². The molecule has 0 atom stereocenters. The summed E-state index contributed by atoms with van der Waals surface area (Å²) in [6.07, 6.45) is -3.13. The summed E-state index contributed by atoms with van der Waals surface area (Å²) in [6, 6.07) is 3.38. The van der Waals surface area contributed by atoms with Crippen molar-refractivity contribution in [3.8, 4) is 5.75 Å². The lowest BCUT2D eigenvalue weighted by Gasteiger charge is -2.09. The Kier molecular flexibility index (Phi) is 5.27. The predicted octanol–water partition coefficient (Wildman–Crippen LogP) is 1.73. The summed E-state index contributed by atoms with van der Waals surface area (Å²) in [7, 11) is 0. The van der Waals surface area contributed by atoms with Crippen LogP contribution in [0.25, 0.3) is 0 Å². The number of carbonyl (C=O) groups is 3. The smallest absolute Gasteiger partial charge is 0.452 e. The number of hydrogen-bond acceptors (Lipinski definition) is 5. The fourth-order valence-corrected chi connectivity index (χ4v) is 1.62. The van der Waals surface area contributed by atoms with E-state index >= 15 is 0 Å². The number of amides is 3. The Morgan fingerprint density at radius 3 is 2.29 bits per heavy atom. The third kappa shape index (κ3) is 6.15. The van der Waals surface area contributed by atoms with Gasteiger partial charge in [-0.05, 0) is 37.1 Å². The van der Waals surface area contributed by atoms with Crippen molar-refractivity contribution in [1.29, 1.82) is 0 Å². The van der Waals surface area contributed by atoms with Gasteiger partial charge in [0.2, 0.25) is 0 Å². The number of halogens is 3. The van der Waals surface area contributed by atoms with E-state index < -0.39 is 36.6 Å². The van der Waals surface area contributed by atoms with Crippen molar-refractivity contribution in [2.45, 2.75) is 25.2 Å². The molecule has 1 aliphatic rings. The molecule has 0 spiro atoms. The largest absolute Gasteiger partial charge is 0.573 e. The monoisotopic (exact) mass is 346 g/mol. The second-order valence-electron chi connectivity index (χ2n) is 4.94. The first-order valence-electron chi connectivity index (χ1n) is 6.86. The fraction of sp³-hybridized carbons (Fsp3) is 0.357. The average molecular weight is 346 g/mol. The topological polar surface area (TPSA) is 93.7 Å². The zero-order chi connectivity index (χ0) is 17.7. The van der Waals surface area contributed by atoms with Crippen LogP contribution >= 0.6 is 0 Å². The van der Waals surface area contributed by atoms with E-state index in [-0.39, 0.29) is 11.6 Å². The maximum absolute atomic E-state index is 12.0. The average Bonchev–Trinajstić information content (AvgIpc) is 3.27. The molecule has 0 aromatic heterocycles. The van der Waals surface area contributed by atoms with E-state index in [4.69, 9.17) is 0 Å². The Balaban J connectivity index is 1.77. The molecule has 10 heteroatoms.